The Hall–Kier alpha value is -1.08. The summed E-state index contributed by atoms with van der Waals surface area (Å²) in [6, 6.07) is 4.46. The van der Waals surface area contributed by atoms with E-state index < -0.39 is 0 Å². The molecule has 0 saturated carbocycles. The minimum Gasteiger partial charge on any atom is -0.253 e. The lowest BCUT2D eigenvalue weighted by Gasteiger charge is -2.20. The van der Waals surface area contributed by atoms with Gasteiger partial charge in [-0.25, -0.2) is 0 Å². The molecule has 0 amide bonds. The molecule has 0 aliphatic heterocycles. The highest BCUT2D eigenvalue weighted by molar-refractivity contribution is 6.18. The maximum absolute atomic E-state index is 6.21. The summed E-state index contributed by atoms with van der Waals surface area (Å²) in [5.74, 6) is 0.601. The van der Waals surface area contributed by atoms with Crippen LogP contribution in [0.4, 0.5) is 0 Å². The van der Waals surface area contributed by atoms with Gasteiger partial charge >= 0.3 is 0 Å². The first-order chi connectivity index (χ1) is 8.70. The largest absolute Gasteiger partial charge is 0.253 e. The van der Waals surface area contributed by atoms with Gasteiger partial charge in [0.15, 0.2) is 0 Å². The van der Waals surface area contributed by atoms with E-state index in [4.69, 9.17) is 16.6 Å². The zero-order valence-corrected chi connectivity index (χ0v) is 11.8. The maximum atomic E-state index is 6.21. The van der Waals surface area contributed by atoms with Crippen molar-refractivity contribution < 1.29 is 0 Å². The lowest BCUT2D eigenvalue weighted by atomic mass is 9.89. The van der Waals surface area contributed by atoms with E-state index in [0.29, 0.717) is 5.88 Å². The van der Waals surface area contributed by atoms with Crippen LogP contribution in [0.15, 0.2) is 12.1 Å². The molecule has 3 rings (SSSR count). The lowest BCUT2D eigenvalue weighted by Crippen LogP contribution is -2.09. The molecule has 0 N–H and O–H groups in total. The van der Waals surface area contributed by atoms with Gasteiger partial charge in [-0.1, -0.05) is 0 Å². The third-order valence-electron chi connectivity index (χ3n) is 4.13. The molecule has 1 aliphatic carbocycles. The first-order valence-electron chi connectivity index (χ1n) is 6.68. The van der Waals surface area contributed by atoms with E-state index in [0.717, 1.165) is 18.4 Å². The summed E-state index contributed by atoms with van der Waals surface area (Å²) in [5.41, 5.74) is 7.78. The van der Waals surface area contributed by atoms with Crippen molar-refractivity contribution in [1.29, 1.82) is 0 Å². The molecule has 0 spiro atoms. The van der Waals surface area contributed by atoms with Crippen LogP contribution >= 0.6 is 11.6 Å². The molecule has 18 heavy (non-hydrogen) atoms. The fourth-order valence-corrected chi connectivity index (χ4v) is 3.24. The third-order valence-corrected chi connectivity index (χ3v) is 4.40. The molecule has 1 aliphatic rings. The van der Waals surface area contributed by atoms with Gasteiger partial charge in [0.05, 0.1) is 5.52 Å². The van der Waals surface area contributed by atoms with Crippen molar-refractivity contribution in [1.82, 2.24) is 4.98 Å². The number of rotatable bonds is 1. The van der Waals surface area contributed by atoms with Gasteiger partial charge in [0.1, 0.15) is 0 Å². The second-order valence-electron chi connectivity index (χ2n) is 5.31. The maximum Gasteiger partial charge on any atom is 0.0711 e. The van der Waals surface area contributed by atoms with E-state index in [-0.39, 0.29) is 0 Å². The Morgan fingerprint density at radius 3 is 2.61 bits per heavy atom. The first-order valence-corrected chi connectivity index (χ1v) is 7.21. The molecule has 0 radical (unpaired) electrons. The summed E-state index contributed by atoms with van der Waals surface area (Å²) in [6.45, 7) is 4.31. The van der Waals surface area contributed by atoms with Crippen LogP contribution in [0.25, 0.3) is 10.9 Å². The normalized spacial score (nSPS) is 14.8. The summed E-state index contributed by atoms with van der Waals surface area (Å²) in [5, 5.41) is 1.26. The summed E-state index contributed by atoms with van der Waals surface area (Å²) in [6.07, 6.45) is 4.79. The number of halogens is 1. The van der Waals surface area contributed by atoms with E-state index in [2.05, 4.69) is 26.0 Å². The monoisotopic (exact) mass is 259 g/mol. The van der Waals surface area contributed by atoms with Gasteiger partial charge in [-0.2, -0.15) is 0 Å². The Morgan fingerprint density at radius 1 is 1.11 bits per heavy atom. The summed E-state index contributed by atoms with van der Waals surface area (Å²) >= 11 is 6.21. The summed E-state index contributed by atoms with van der Waals surface area (Å²) < 4.78 is 0. The van der Waals surface area contributed by atoms with Crippen molar-refractivity contribution in [3.05, 3.63) is 40.1 Å². The second-order valence-corrected chi connectivity index (χ2v) is 5.58. The van der Waals surface area contributed by atoms with Crippen molar-refractivity contribution in [2.45, 2.75) is 45.4 Å². The van der Waals surface area contributed by atoms with Crippen LogP contribution in [0.3, 0.4) is 0 Å². The van der Waals surface area contributed by atoms with E-state index >= 15 is 0 Å². The Morgan fingerprint density at radius 2 is 1.83 bits per heavy atom. The lowest BCUT2D eigenvalue weighted by molar-refractivity contribution is 0.667. The Kier molecular flexibility index (Phi) is 3.03. The van der Waals surface area contributed by atoms with Crippen LogP contribution < -0.4 is 0 Å². The number of benzene rings is 1. The molecule has 94 valence electrons. The number of fused-ring (bicyclic) bond motifs is 2. The Labute approximate surface area is 113 Å². The van der Waals surface area contributed by atoms with E-state index in [1.807, 2.05) is 0 Å². The fraction of sp³-hybridized carbons (Fsp3) is 0.438. The molecule has 0 fully saturated rings. The Bertz CT molecular complexity index is 616. The zero-order valence-electron chi connectivity index (χ0n) is 11.0. The van der Waals surface area contributed by atoms with Gasteiger partial charge in [0, 0.05) is 17.0 Å². The van der Waals surface area contributed by atoms with Crippen LogP contribution in [0, 0.1) is 13.8 Å². The van der Waals surface area contributed by atoms with Crippen molar-refractivity contribution in [3.8, 4) is 0 Å². The van der Waals surface area contributed by atoms with E-state index in [1.165, 1.54) is 46.2 Å². The molecule has 0 atom stereocenters. The first kappa shape index (κ1) is 12.0. The van der Waals surface area contributed by atoms with Gasteiger partial charge in [0.2, 0.25) is 0 Å². The number of hydrogen-bond donors (Lipinski definition) is 0. The predicted molar refractivity (Wildman–Crippen MR) is 77.4 cm³/mol. The molecule has 1 aromatic carbocycles. The van der Waals surface area contributed by atoms with Crippen molar-refractivity contribution in [2.75, 3.05) is 0 Å². The minimum absolute atomic E-state index is 0.601. The molecule has 2 aromatic rings. The van der Waals surface area contributed by atoms with Crippen LogP contribution in [-0.4, -0.2) is 4.98 Å². The quantitative estimate of drug-likeness (QED) is 0.689. The second kappa shape index (κ2) is 4.55. The van der Waals surface area contributed by atoms with Gasteiger partial charge in [-0.15, -0.1) is 11.6 Å². The molecule has 0 saturated heterocycles. The number of aromatic nitrogens is 1. The van der Waals surface area contributed by atoms with Crippen molar-refractivity contribution in [2.24, 2.45) is 0 Å². The highest BCUT2D eigenvalue weighted by Gasteiger charge is 2.17. The van der Waals surface area contributed by atoms with Crippen molar-refractivity contribution >= 4 is 22.5 Å². The van der Waals surface area contributed by atoms with Gasteiger partial charge in [-0.3, -0.25) is 4.98 Å². The number of hydrogen-bond acceptors (Lipinski definition) is 1. The molecular formula is C16H18ClN. The smallest absolute Gasteiger partial charge is 0.0711 e. The average Bonchev–Trinajstić information content (AvgIpc) is 2.38. The van der Waals surface area contributed by atoms with Crippen molar-refractivity contribution in [3.63, 3.8) is 0 Å². The average molecular weight is 260 g/mol. The van der Waals surface area contributed by atoms with Crippen LogP contribution in [0.2, 0.25) is 0 Å². The predicted octanol–water partition coefficient (Wildman–Crippen LogP) is 4.47. The molecule has 0 bridgehead atoms. The SMILES string of the molecule is Cc1cc2nc3c(c(CCl)c2cc1C)CCCC3. The van der Waals surface area contributed by atoms with Crippen LogP contribution in [-0.2, 0) is 18.7 Å². The van der Waals surface area contributed by atoms with Crippen LogP contribution in [0.1, 0.15) is 40.8 Å². The highest BCUT2D eigenvalue weighted by atomic mass is 35.5. The fourth-order valence-electron chi connectivity index (χ4n) is 2.93. The number of pyridine rings is 1. The number of aryl methyl sites for hydroxylation is 3. The Balaban J connectivity index is 2.36. The third kappa shape index (κ3) is 1.81. The molecule has 0 unspecified atom stereocenters. The van der Waals surface area contributed by atoms with Gasteiger partial charge < -0.3 is 0 Å². The molecular weight excluding hydrogens is 242 g/mol. The topological polar surface area (TPSA) is 12.9 Å². The van der Waals surface area contributed by atoms with Gasteiger partial charge in [0.25, 0.3) is 0 Å². The molecule has 2 heteroatoms. The van der Waals surface area contributed by atoms with Crippen LogP contribution in [0.5, 0.6) is 0 Å². The summed E-state index contributed by atoms with van der Waals surface area (Å²) in [4.78, 5) is 4.87. The van der Waals surface area contributed by atoms with Gasteiger partial charge in [-0.05, 0) is 73.9 Å². The zero-order chi connectivity index (χ0) is 12.7. The van der Waals surface area contributed by atoms with E-state index in [9.17, 15) is 0 Å². The number of nitrogens with zero attached hydrogens (tertiary/aromatic N) is 1. The summed E-state index contributed by atoms with van der Waals surface area (Å²) in [7, 11) is 0. The van der Waals surface area contributed by atoms with E-state index in [1.54, 1.807) is 0 Å². The highest BCUT2D eigenvalue weighted by Crippen LogP contribution is 2.31. The standard InChI is InChI=1S/C16H18ClN/c1-10-7-13-14(9-17)12-5-3-4-6-15(12)18-16(13)8-11(10)2/h7-8H,3-6,9H2,1-2H3. The number of alkyl halides is 1. The molecule has 1 nitrogen and oxygen atoms in total. The molecule has 1 heterocycles. The minimum atomic E-state index is 0.601. The molecule has 1 aromatic heterocycles.